The van der Waals surface area contributed by atoms with Gasteiger partial charge in [0.2, 0.25) is 0 Å². The fourth-order valence-corrected chi connectivity index (χ4v) is 1.71. The van der Waals surface area contributed by atoms with Crippen LogP contribution in [0.1, 0.15) is 17.3 Å². The molecule has 1 aromatic heterocycles. The highest BCUT2D eigenvalue weighted by Crippen LogP contribution is 2.16. The van der Waals surface area contributed by atoms with E-state index in [-0.39, 0.29) is 11.9 Å². The summed E-state index contributed by atoms with van der Waals surface area (Å²) in [7, 11) is 0. The second-order valence-corrected chi connectivity index (χ2v) is 4.27. The van der Waals surface area contributed by atoms with Crippen LogP contribution >= 0.6 is 11.6 Å². The normalized spacial score (nSPS) is 12.4. The summed E-state index contributed by atoms with van der Waals surface area (Å²) in [6.07, 6.45) is 1.83. The molecule has 17 heavy (non-hydrogen) atoms. The number of benzene rings is 1. The fourth-order valence-electron chi connectivity index (χ4n) is 1.59. The van der Waals surface area contributed by atoms with E-state index in [0.29, 0.717) is 17.1 Å². The third kappa shape index (κ3) is 3.25. The Morgan fingerprint density at radius 1 is 1.18 bits per heavy atom. The lowest BCUT2D eigenvalue weighted by atomic mass is 10.0. The van der Waals surface area contributed by atoms with Gasteiger partial charge in [-0.3, -0.25) is 4.98 Å². The second-order valence-electron chi connectivity index (χ2n) is 3.84. The largest absolute Gasteiger partial charge is 0.322 e. The Morgan fingerprint density at radius 3 is 2.47 bits per heavy atom. The minimum absolute atomic E-state index is 0.239. The first-order valence-corrected chi connectivity index (χ1v) is 5.64. The van der Waals surface area contributed by atoms with E-state index in [1.54, 1.807) is 6.07 Å². The lowest BCUT2D eigenvalue weighted by molar-refractivity contribution is 0.612. The van der Waals surface area contributed by atoms with E-state index in [2.05, 4.69) is 4.98 Å². The van der Waals surface area contributed by atoms with Crippen molar-refractivity contribution in [3.8, 4) is 0 Å². The van der Waals surface area contributed by atoms with Crippen LogP contribution in [0, 0.1) is 5.82 Å². The number of pyridine rings is 1. The van der Waals surface area contributed by atoms with Gasteiger partial charge in [-0.15, -0.1) is 0 Å². The number of rotatable bonds is 3. The highest BCUT2D eigenvalue weighted by atomic mass is 35.5. The molecule has 1 aromatic carbocycles. The zero-order chi connectivity index (χ0) is 12.3. The van der Waals surface area contributed by atoms with Gasteiger partial charge in [0.25, 0.3) is 0 Å². The van der Waals surface area contributed by atoms with Gasteiger partial charge in [0.05, 0.1) is 17.9 Å². The summed E-state index contributed by atoms with van der Waals surface area (Å²) in [5.41, 5.74) is 7.76. The smallest absolute Gasteiger partial charge is 0.141 e. The zero-order valence-corrected chi connectivity index (χ0v) is 9.86. The number of hydrogen-bond acceptors (Lipinski definition) is 2. The predicted molar refractivity (Wildman–Crippen MR) is 66.3 cm³/mol. The molecule has 0 fully saturated rings. The summed E-state index contributed by atoms with van der Waals surface area (Å²) < 4.78 is 12.7. The molecule has 1 atom stereocenters. The Morgan fingerprint density at radius 2 is 1.88 bits per heavy atom. The van der Waals surface area contributed by atoms with Gasteiger partial charge in [0, 0.05) is 5.02 Å². The Kier molecular flexibility index (Phi) is 3.71. The van der Waals surface area contributed by atoms with Crippen LogP contribution in [0.4, 0.5) is 4.39 Å². The van der Waals surface area contributed by atoms with Crippen LogP contribution in [-0.4, -0.2) is 4.98 Å². The summed E-state index contributed by atoms with van der Waals surface area (Å²) in [5, 5.41) is 0.697. The van der Waals surface area contributed by atoms with Crippen molar-refractivity contribution in [3.05, 3.63) is 64.7 Å². The van der Waals surface area contributed by atoms with Gasteiger partial charge < -0.3 is 5.73 Å². The molecular weight excluding hydrogens is 239 g/mol. The van der Waals surface area contributed by atoms with Gasteiger partial charge in [-0.1, -0.05) is 23.7 Å². The minimum atomic E-state index is -0.354. The molecular formula is C13H12ClFN2. The van der Waals surface area contributed by atoms with E-state index in [1.165, 1.54) is 12.3 Å². The Bertz CT molecular complexity index is 482. The van der Waals surface area contributed by atoms with Crippen LogP contribution < -0.4 is 5.73 Å². The molecule has 0 spiro atoms. The van der Waals surface area contributed by atoms with Gasteiger partial charge in [-0.05, 0) is 36.2 Å². The van der Waals surface area contributed by atoms with Crippen LogP contribution in [0.15, 0.2) is 42.6 Å². The molecule has 2 N–H and O–H groups in total. The molecule has 2 nitrogen and oxygen atoms in total. The molecule has 0 aliphatic heterocycles. The summed E-state index contributed by atoms with van der Waals surface area (Å²) in [6, 6.07) is 10.2. The van der Waals surface area contributed by atoms with Crippen LogP contribution in [0.2, 0.25) is 5.02 Å². The molecule has 88 valence electrons. The summed E-state index contributed by atoms with van der Waals surface area (Å²) in [6.45, 7) is 0. The molecule has 2 rings (SSSR count). The van der Waals surface area contributed by atoms with E-state index in [0.717, 1.165) is 5.56 Å². The minimum Gasteiger partial charge on any atom is -0.322 e. The average molecular weight is 251 g/mol. The molecule has 0 aliphatic rings. The van der Waals surface area contributed by atoms with Crippen molar-refractivity contribution >= 4 is 11.6 Å². The maximum absolute atomic E-state index is 12.7. The highest BCUT2D eigenvalue weighted by Gasteiger charge is 2.08. The molecule has 1 unspecified atom stereocenters. The third-order valence-electron chi connectivity index (χ3n) is 2.50. The van der Waals surface area contributed by atoms with E-state index in [9.17, 15) is 4.39 Å². The number of aromatic nitrogens is 1. The van der Waals surface area contributed by atoms with Crippen molar-refractivity contribution in [3.63, 3.8) is 0 Å². The van der Waals surface area contributed by atoms with E-state index < -0.39 is 0 Å². The third-order valence-corrected chi connectivity index (χ3v) is 2.75. The predicted octanol–water partition coefficient (Wildman–Crippen LogP) is 3.12. The first-order chi connectivity index (χ1) is 8.15. The maximum atomic E-state index is 12.7. The number of nitrogens with zero attached hydrogens (tertiary/aromatic N) is 1. The van der Waals surface area contributed by atoms with Crippen LogP contribution in [-0.2, 0) is 6.42 Å². The average Bonchev–Trinajstić information content (AvgIpc) is 2.33. The Hall–Kier alpha value is -1.45. The van der Waals surface area contributed by atoms with Crippen LogP contribution in [0.3, 0.4) is 0 Å². The van der Waals surface area contributed by atoms with Gasteiger partial charge in [0.1, 0.15) is 5.82 Å². The molecule has 0 aliphatic carbocycles. The molecule has 0 saturated heterocycles. The quantitative estimate of drug-likeness (QED) is 0.909. The maximum Gasteiger partial charge on any atom is 0.141 e. The van der Waals surface area contributed by atoms with Gasteiger partial charge in [0.15, 0.2) is 0 Å². The number of nitrogens with two attached hydrogens (primary N) is 1. The molecule has 0 radical (unpaired) electrons. The van der Waals surface area contributed by atoms with Crippen molar-refractivity contribution in [2.45, 2.75) is 12.5 Å². The van der Waals surface area contributed by atoms with E-state index in [1.807, 2.05) is 24.3 Å². The van der Waals surface area contributed by atoms with Gasteiger partial charge in [-0.25, -0.2) is 4.39 Å². The zero-order valence-electron chi connectivity index (χ0n) is 9.11. The van der Waals surface area contributed by atoms with Crippen molar-refractivity contribution in [2.24, 2.45) is 5.73 Å². The first kappa shape index (κ1) is 12.0. The van der Waals surface area contributed by atoms with Crippen molar-refractivity contribution in [2.75, 3.05) is 0 Å². The number of halogens is 2. The lowest BCUT2D eigenvalue weighted by Gasteiger charge is -2.11. The molecule has 0 bridgehead atoms. The topological polar surface area (TPSA) is 38.9 Å². The summed E-state index contributed by atoms with van der Waals surface area (Å²) in [4.78, 5) is 3.97. The highest BCUT2D eigenvalue weighted by molar-refractivity contribution is 6.30. The van der Waals surface area contributed by atoms with Crippen molar-refractivity contribution in [1.29, 1.82) is 0 Å². The monoisotopic (exact) mass is 250 g/mol. The molecule has 1 heterocycles. The molecule has 2 aromatic rings. The first-order valence-electron chi connectivity index (χ1n) is 5.26. The van der Waals surface area contributed by atoms with Crippen molar-refractivity contribution < 1.29 is 4.39 Å². The van der Waals surface area contributed by atoms with Crippen LogP contribution in [0.25, 0.3) is 0 Å². The van der Waals surface area contributed by atoms with E-state index >= 15 is 0 Å². The van der Waals surface area contributed by atoms with Gasteiger partial charge >= 0.3 is 0 Å². The fraction of sp³-hybridized carbons (Fsp3) is 0.154. The molecule has 0 saturated carbocycles. The van der Waals surface area contributed by atoms with Gasteiger partial charge in [-0.2, -0.15) is 0 Å². The molecule has 4 heteroatoms. The van der Waals surface area contributed by atoms with Crippen molar-refractivity contribution in [1.82, 2.24) is 4.98 Å². The molecule has 0 amide bonds. The summed E-state index contributed by atoms with van der Waals surface area (Å²) >= 11 is 5.80. The van der Waals surface area contributed by atoms with E-state index in [4.69, 9.17) is 17.3 Å². The number of hydrogen-bond donors (Lipinski definition) is 1. The van der Waals surface area contributed by atoms with Crippen LogP contribution in [0.5, 0.6) is 0 Å². The standard InChI is InChI=1S/C13H12ClFN2/c14-10-3-1-9(2-4-10)7-12(16)13-6-5-11(15)8-17-13/h1-6,8,12H,7,16H2. The SMILES string of the molecule is NC(Cc1ccc(Cl)cc1)c1ccc(F)cn1. The summed E-state index contributed by atoms with van der Waals surface area (Å²) in [5.74, 6) is -0.354. The Labute approximate surface area is 104 Å². The second kappa shape index (κ2) is 5.25. The lowest BCUT2D eigenvalue weighted by Crippen LogP contribution is -2.14. The Balaban J connectivity index is 2.08.